The van der Waals surface area contributed by atoms with E-state index in [2.05, 4.69) is 34.3 Å². The summed E-state index contributed by atoms with van der Waals surface area (Å²) in [4.78, 5) is 6.84. The van der Waals surface area contributed by atoms with E-state index in [4.69, 9.17) is 4.74 Å². The van der Waals surface area contributed by atoms with E-state index >= 15 is 0 Å². The molecule has 1 aromatic heterocycles. The first-order valence-electron chi connectivity index (χ1n) is 7.22. The average molecular weight is 263 g/mol. The van der Waals surface area contributed by atoms with Crippen LogP contribution >= 0.6 is 0 Å². The van der Waals surface area contributed by atoms with Gasteiger partial charge in [0.2, 0.25) is 0 Å². The number of rotatable bonds is 6. The second-order valence-electron chi connectivity index (χ2n) is 5.28. The van der Waals surface area contributed by atoms with Gasteiger partial charge in [0.15, 0.2) is 0 Å². The summed E-state index contributed by atoms with van der Waals surface area (Å²) in [5.74, 6) is 1.67. The molecule has 0 spiro atoms. The standard InChI is InChI=1S/C15H25N3O/c1-3-16-15-9-13(6-7-17-15)10-18-8-4-5-14(11-18)12-19-2/h6-7,9,14H,3-5,8,10-12H2,1-2H3,(H,16,17). The fourth-order valence-corrected chi connectivity index (χ4v) is 2.78. The van der Waals surface area contributed by atoms with E-state index < -0.39 is 0 Å². The van der Waals surface area contributed by atoms with Crippen molar-refractivity contribution in [2.75, 3.05) is 38.7 Å². The molecule has 106 valence electrons. The molecule has 1 fully saturated rings. The molecule has 0 aromatic carbocycles. The lowest BCUT2D eigenvalue weighted by molar-refractivity contribution is 0.0874. The number of piperidine rings is 1. The normalized spacial score (nSPS) is 20.4. The van der Waals surface area contributed by atoms with Gasteiger partial charge in [0.05, 0.1) is 6.61 Å². The number of aromatic nitrogens is 1. The van der Waals surface area contributed by atoms with E-state index in [1.165, 1.54) is 24.9 Å². The Morgan fingerprint density at radius 1 is 1.53 bits per heavy atom. The number of pyridine rings is 1. The van der Waals surface area contributed by atoms with Crippen LogP contribution in [0, 0.1) is 5.92 Å². The quantitative estimate of drug-likeness (QED) is 0.855. The van der Waals surface area contributed by atoms with Crippen molar-refractivity contribution in [3.63, 3.8) is 0 Å². The Balaban J connectivity index is 1.90. The summed E-state index contributed by atoms with van der Waals surface area (Å²) in [6.45, 7) is 7.24. The van der Waals surface area contributed by atoms with Crippen molar-refractivity contribution in [3.8, 4) is 0 Å². The molecule has 1 unspecified atom stereocenters. The molecular formula is C15H25N3O. The van der Waals surface area contributed by atoms with Gasteiger partial charge in [0.25, 0.3) is 0 Å². The predicted molar refractivity (Wildman–Crippen MR) is 78.3 cm³/mol. The Bertz CT molecular complexity index is 381. The zero-order valence-corrected chi connectivity index (χ0v) is 12.1. The zero-order valence-electron chi connectivity index (χ0n) is 12.1. The number of nitrogens with zero attached hydrogens (tertiary/aromatic N) is 2. The van der Waals surface area contributed by atoms with Crippen molar-refractivity contribution >= 4 is 5.82 Å². The van der Waals surface area contributed by atoms with Gasteiger partial charge in [0.1, 0.15) is 5.82 Å². The third kappa shape index (κ3) is 4.48. The van der Waals surface area contributed by atoms with Gasteiger partial charge in [-0.05, 0) is 49.9 Å². The molecule has 0 bridgehead atoms. The molecule has 1 N–H and O–H groups in total. The highest BCUT2D eigenvalue weighted by atomic mass is 16.5. The maximum Gasteiger partial charge on any atom is 0.126 e. The maximum absolute atomic E-state index is 5.28. The number of hydrogen-bond acceptors (Lipinski definition) is 4. The van der Waals surface area contributed by atoms with Crippen LogP contribution in [0.25, 0.3) is 0 Å². The molecular weight excluding hydrogens is 238 g/mol. The topological polar surface area (TPSA) is 37.4 Å². The van der Waals surface area contributed by atoms with Gasteiger partial charge < -0.3 is 10.1 Å². The monoisotopic (exact) mass is 263 g/mol. The fraction of sp³-hybridized carbons (Fsp3) is 0.667. The minimum atomic E-state index is 0.689. The van der Waals surface area contributed by atoms with E-state index in [0.717, 1.165) is 32.1 Å². The molecule has 1 aliphatic heterocycles. The molecule has 2 rings (SSSR count). The van der Waals surface area contributed by atoms with Gasteiger partial charge in [-0.2, -0.15) is 0 Å². The van der Waals surface area contributed by atoms with Crippen molar-refractivity contribution in [1.82, 2.24) is 9.88 Å². The third-order valence-corrected chi connectivity index (χ3v) is 3.59. The molecule has 1 aliphatic rings. The van der Waals surface area contributed by atoms with Crippen molar-refractivity contribution < 1.29 is 4.74 Å². The summed E-state index contributed by atoms with van der Waals surface area (Å²) in [5, 5.41) is 3.26. The van der Waals surface area contributed by atoms with Crippen LogP contribution in [0.5, 0.6) is 0 Å². The molecule has 1 saturated heterocycles. The van der Waals surface area contributed by atoms with Crippen molar-refractivity contribution in [2.45, 2.75) is 26.3 Å². The van der Waals surface area contributed by atoms with Crippen LogP contribution in [0.15, 0.2) is 18.3 Å². The molecule has 1 aromatic rings. The summed E-state index contributed by atoms with van der Waals surface area (Å²) in [6, 6.07) is 4.27. The minimum Gasteiger partial charge on any atom is -0.384 e. The Labute approximate surface area is 116 Å². The molecule has 4 heteroatoms. The second kappa shape index (κ2) is 7.46. The van der Waals surface area contributed by atoms with Gasteiger partial charge in [0, 0.05) is 32.9 Å². The number of likely N-dealkylation sites (tertiary alicyclic amines) is 1. The summed E-state index contributed by atoms with van der Waals surface area (Å²) >= 11 is 0. The fourth-order valence-electron chi connectivity index (χ4n) is 2.78. The summed E-state index contributed by atoms with van der Waals surface area (Å²) in [7, 11) is 1.80. The number of anilines is 1. The lowest BCUT2D eigenvalue weighted by Gasteiger charge is -2.32. The van der Waals surface area contributed by atoms with Gasteiger partial charge >= 0.3 is 0 Å². The SMILES string of the molecule is CCNc1cc(CN2CCCC(COC)C2)ccn1. The molecule has 0 amide bonds. The van der Waals surface area contributed by atoms with E-state index in [0.29, 0.717) is 5.92 Å². The van der Waals surface area contributed by atoms with Gasteiger partial charge in [-0.3, -0.25) is 4.90 Å². The molecule has 4 nitrogen and oxygen atoms in total. The van der Waals surface area contributed by atoms with Crippen molar-refractivity contribution in [2.24, 2.45) is 5.92 Å². The first kappa shape index (κ1) is 14.3. The molecule has 2 heterocycles. The van der Waals surface area contributed by atoms with Crippen LogP contribution in [-0.2, 0) is 11.3 Å². The van der Waals surface area contributed by atoms with Crippen LogP contribution < -0.4 is 5.32 Å². The van der Waals surface area contributed by atoms with Gasteiger partial charge in [-0.15, -0.1) is 0 Å². The first-order valence-corrected chi connectivity index (χ1v) is 7.22. The summed E-state index contributed by atoms with van der Waals surface area (Å²) < 4.78 is 5.28. The maximum atomic E-state index is 5.28. The van der Waals surface area contributed by atoms with Gasteiger partial charge in [-0.25, -0.2) is 4.98 Å². The zero-order chi connectivity index (χ0) is 13.5. The molecule has 0 radical (unpaired) electrons. The summed E-state index contributed by atoms with van der Waals surface area (Å²) in [6.07, 6.45) is 4.46. The van der Waals surface area contributed by atoms with Gasteiger partial charge in [-0.1, -0.05) is 0 Å². The molecule has 0 saturated carbocycles. The van der Waals surface area contributed by atoms with Crippen LogP contribution in [0.4, 0.5) is 5.82 Å². The van der Waals surface area contributed by atoms with Crippen molar-refractivity contribution in [3.05, 3.63) is 23.9 Å². The average Bonchev–Trinajstić information content (AvgIpc) is 2.40. The summed E-state index contributed by atoms with van der Waals surface area (Å²) in [5.41, 5.74) is 1.34. The molecule has 1 atom stereocenters. The Kier molecular flexibility index (Phi) is 5.61. The number of nitrogens with one attached hydrogen (secondary N) is 1. The van der Waals surface area contributed by atoms with E-state index in [-0.39, 0.29) is 0 Å². The predicted octanol–water partition coefficient (Wildman–Crippen LogP) is 2.37. The first-order chi connectivity index (χ1) is 9.31. The van der Waals surface area contributed by atoms with Crippen LogP contribution in [-0.4, -0.2) is 43.2 Å². The Morgan fingerprint density at radius 2 is 2.42 bits per heavy atom. The van der Waals surface area contributed by atoms with E-state index in [9.17, 15) is 0 Å². The second-order valence-corrected chi connectivity index (χ2v) is 5.28. The Morgan fingerprint density at radius 3 is 3.21 bits per heavy atom. The largest absolute Gasteiger partial charge is 0.384 e. The highest BCUT2D eigenvalue weighted by Gasteiger charge is 2.19. The Hall–Kier alpha value is -1.13. The van der Waals surface area contributed by atoms with Crippen LogP contribution in [0.1, 0.15) is 25.3 Å². The smallest absolute Gasteiger partial charge is 0.126 e. The molecule has 0 aliphatic carbocycles. The van der Waals surface area contributed by atoms with Crippen molar-refractivity contribution in [1.29, 1.82) is 0 Å². The van der Waals surface area contributed by atoms with Crippen LogP contribution in [0.3, 0.4) is 0 Å². The highest BCUT2D eigenvalue weighted by molar-refractivity contribution is 5.37. The van der Waals surface area contributed by atoms with E-state index in [1.54, 1.807) is 7.11 Å². The van der Waals surface area contributed by atoms with E-state index in [1.807, 2.05) is 6.20 Å². The molecule has 19 heavy (non-hydrogen) atoms. The number of ether oxygens (including phenoxy) is 1. The number of hydrogen-bond donors (Lipinski definition) is 1. The third-order valence-electron chi connectivity index (χ3n) is 3.59. The minimum absolute atomic E-state index is 0.689. The lowest BCUT2D eigenvalue weighted by Crippen LogP contribution is -2.36. The highest BCUT2D eigenvalue weighted by Crippen LogP contribution is 2.19. The lowest BCUT2D eigenvalue weighted by atomic mass is 9.98. The number of methoxy groups -OCH3 is 1. The van der Waals surface area contributed by atoms with Crippen LogP contribution in [0.2, 0.25) is 0 Å².